The second-order valence-electron chi connectivity index (χ2n) is 5.36. The molecule has 110 valence electrons. The van der Waals surface area contributed by atoms with E-state index in [9.17, 15) is 18.0 Å². The highest BCUT2D eigenvalue weighted by molar-refractivity contribution is 5.94. The molecule has 1 aromatic carbocycles. The van der Waals surface area contributed by atoms with Crippen LogP contribution >= 0.6 is 0 Å². The molecule has 0 aliphatic carbocycles. The minimum atomic E-state index is -1.56. The Morgan fingerprint density at radius 1 is 1.30 bits per heavy atom. The van der Waals surface area contributed by atoms with Gasteiger partial charge in [-0.3, -0.25) is 4.79 Å². The van der Waals surface area contributed by atoms with Crippen LogP contribution in [0.2, 0.25) is 0 Å². The third-order valence-corrected chi connectivity index (χ3v) is 3.67. The summed E-state index contributed by atoms with van der Waals surface area (Å²) in [7, 11) is 2.00. The lowest BCUT2D eigenvalue weighted by molar-refractivity contribution is 0.0882. The first kappa shape index (κ1) is 14.8. The number of rotatable bonds is 2. The molecule has 6 heteroatoms. The highest BCUT2D eigenvalue weighted by Gasteiger charge is 2.26. The molecule has 0 aromatic heterocycles. The van der Waals surface area contributed by atoms with Crippen molar-refractivity contribution < 1.29 is 18.0 Å². The van der Waals surface area contributed by atoms with Crippen molar-refractivity contribution in [3.05, 3.63) is 35.1 Å². The maximum atomic E-state index is 13.1. The van der Waals surface area contributed by atoms with Gasteiger partial charge >= 0.3 is 0 Å². The van der Waals surface area contributed by atoms with Crippen molar-refractivity contribution in [2.75, 3.05) is 20.1 Å². The molecule has 1 heterocycles. The van der Waals surface area contributed by atoms with E-state index in [-0.39, 0.29) is 17.5 Å². The maximum Gasteiger partial charge on any atom is 0.251 e. The summed E-state index contributed by atoms with van der Waals surface area (Å²) in [6.07, 6.45) is 0.773. The molecule has 1 aliphatic rings. The Hall–Kier alpha value is -1.56. The van der Waals surface area contributed by atoms with Crippen molar-refractivity contribution in [2.24, 2.45) is 5.92 Å². The Labute approximate surface area is 115 Å². The number of nitrogens with one attached hydrogen (secondary N) is 1. The van der Waals surface area contributed by atoms with E-state index in [0.717, 1.165) is 19.5 Å². The molecule has 2 unspecified atom stereocenters. The fraction of sp³-hybridized carbons (Fsp3) is 0.500. The number of benzene rings is 1. The van der Waals surface area contributed by atoms with Crippen molar-refractivity contribution in [1.29, 1.82) is 0 Å². The quantitative estimate of drug-likeness (QED) is 0.845. The van der Waals surface area contributed by atoms with Crippen LogP contribution in [-0.2, 0) is 0 Å². The molecule has 2 rings (SSSR count). The predicted molar refractivity (Wildman–Crippen MR) is 68.8 cm³/mol. The fourth-order valence-corrected chi connectivity index (χ4v) is 2.51. The summed E-state index contributed by atoms with van der Waals surface area (Å²) in [4.78, 5) is 14.1. The molecule has 0 radical (unpaired) electrons. The van der Waals surface area contributed by atoms with Crippen LogP contribution in [0.4, 0.5) is 13.2 Å². The van der Waals surface area contributed by atoms with Gasteiger partial charge in [0.05, 0.1) is 0 Å². The summed E-state index contributed by atoms with van der Waals surface area (Å²) in [5, 5.41) is 2.76. The lowest BCUT2D eigenvalue weighted by atomic mass is 9.94. The zero-order valence-electron chi connectivity index (χ0n) is 11.4. The SMILES string of the molecule is CC1CN(C)CCC1NC(=O)c1cc(F)c(F)c(F)c1. The number of amides is 1. The largest absolute Gasteiger partial charge is 0.349 e. The van der Waals surface area contributed by atoms with Crippen LogP contribution in [-0.4, -0.2) is 37.0 Å². The Balaban J connectivity index is 2.09. The lowest BCUT2D eigenvalue weighted by Crippen LogP contribution is -2.48. The highest BCUT2D eigenvalue weighted by atomic mass is 19.2. The van der Waals surface area contributed by atoms with Gasteiger partial charge in [0.1, 0.15) is 0 Å². The van der Waals surface area contributed by atoms with Gasteiger partial charge in [-0.1, -0.05) is 6.92 Å². The molecule has 0 bridgehead atoms. The molecule has 0 saturated carbocycles. The summed E-state index contributed by atoms with van der Waals surface area (Å²) in [5.74, 6) is -4.61. The number of hydrogen-bond donors (Lipinski definition) is 1. The average Bonchev–Trinajstić information content (AvgIpc) is 2.38. The van der Waals surface area contributed by atoms with E-state index in [4.69, 9.17) is 0 Å². The van der Waals surface area contributed by atoms with Crippen molar-refractivity contribution in [2.45, 2.75) is 19.4 Å². The molecule has 1 aliphatic heterocycles. The zero-order valence-corrected chi connectivity index (χ0v) is 11.4. The second kappa shape index (κ2) is 5.83. The average molecular weight is 286 g/mol. The van der Waals surface area contributed by atoms with E-state index in [2.05, 4.69) is 10.2 Å². The fourth-order valence-electron chi connectivity index (χ4n) is 2.51. The van der Waals surface area contributed by atoms with E-state index in [1.54, 1.807) is 0 Å². The molecule has 1 aromatic rings. The Kier molecular flexibility index (Phi) is 4.32. The molecular weight excluding hydrogens is 269 g/mol. The molecule has 2 atom stereocenters. The highest BCUT2D eigenvalue weighted by Crippen LogP contribution is 2.17. The molecule has 1 N–H and O–H groups in total. The Morgan fingerprint density at radius 3 is 2.45 bits per heavy atom. The number of carbonyl (C=O) groups excluding carboxylic acids is 1. The van der Waals surface area contributed by atoms with Crippen LogP contribution in [0, 0.1) is 23.4 Å². The summed E-state index contributed by atoms with van der Waals surface area (Å²) >= 11 is 0. The molecule has 1 amide bonds. The van der Waals surface area contributed by atoms with Crippen LogP contribution < -0.4 is 5.32 Å². The standard InChI is InChI=1S/C14H17F3N2O/c1-8-7-19(2)4-3-12(8)18-14(20)9-5-10(15)13(17)11(16)6-9/h5-6,8,12H,3-4,7H2,1-2H3,(H,18,20). The summed E-state index contributed by atoms with van der Waals surface area (Å²) in [5.41, 5.74) is -0.201. The van der Waals surface area contributed by atoms with Gasteiger partial charge in [-0.05, 0) is 38.1 Å². The van der Waals surface area contributed by atoms with Gasteiger partial charge in [0, 0.05) is 18.2 Å². The van der Waals surface area contributed by atoms with Gasteiger partial charge in [-0.2, -0.15) is 0 Å². The molecule has 1 saturated heterocycles. The Morgan fingerprint density at radius 2 is 1.90 bits per heavy atom. The van der Waals surface area contributed by atoms with Gasteiger partial charge in [0.15, 0.2) is 17.5 Å². The van der Waals surface area contributed by atoms with Gasteiger partial charge in [0.2, 0.25) is 0 Å². The predicted octanol–water partition coefficient (Wildman–Crippen LogP) is 2.17. The minimum absolute atomic E-state index is 0.0464. The minimum Gasteiger partial charge on any atom is -0.349 e. The first-order chi connectivity index (χ1) is 9.38. The van der Waals surface area contributed by atoms with Crippen molar-refractivity contribution >= 4 is 5.91 Å². The van der Waals surface area contributed by atoms with E-state index >= 15 is 0 Å². The third-order valence-electron chi connectivity index (χ3n) is 3.67. The van der Waals surface area contributed by atoms with Gasteiger partial charge in [-0.25, -0.2) is 13.2 Å². The summed E-state index contributed by atoms with van der Waals surface area (Å²) in [6.45, 7) is 3.70. The van der Waals surface area contributed by atoms with Gasteiger partial charge < -0.3 is 10.2 Å². The first-order valence-corrected chi connectivity index (χ1v) is 6.52. The second-order valence-corrected chi connectivity index (χ2v) is 5.36. The molecule has 0 spiro atoms. The number of hydrogen-bond acceptors (Lipinski definition) is 2. The number of likely N-dealkylation sites (tertiary alicyclic amines) is 1. The molecule has 3 nitrogen and oxygen atoms in total. The molecular formula is C14H17F3N2O. The van der Waals surface area contributed by atoms with Crippen LogP contribution in [0.3, 0.4) is 0 Å². The van der Waals surface area contributed by atoms with Crippen molar-refractivity contribution in [3.8, 4) is 0 Å². The smallest absolute Gasteiger partial charge is 0.251 e. The van der Waals surface area contributed by atoms with Crippen LogP contribution in [0.1, 0.15) is 23.7 Å². The topological polar surface area (TPSA) is 32.3 Å². The third kappa shape index (κ3) is 3.12. The van der Waals surface area contributed by atoms with Gasteiger partial charge in [0.25, 0.3) is 5.91 Å². The summed E-state index contributed by atoms with van der Waals surface area (Å²) in [6, 6.07) is 1.38. The number of piperidine rings is 1. The van der Waals surface area contributed by atoms with Crippen LogP contribution in [0.25, 0.3) is 0 Å². The van der Waals surface area contributed by atoms with Crippen molar-refractivity contribution in [3.63, 3.8) is 0 Å². The summed E-state index contributed by atoms with van der Waals surface area (Å²) < 4.78 is 39.1. The van der Waals surface area contributed by atoms with Gasteiger partial charge in [-0.15, -0.1) is 0 Å². The van der Waals surface area contributed by atoms with Crippen LogP contribution in [0.15, 0.2) is 12.1 Å². The molecule has 1 fully saturated rings. The number of nitrogens with zero attached hydrogens (tertiary/aromatic N) is 1. The number of halogens is 3. The van der Waals surface area contributed by atoms with Crippen LogP contribution in [0.5, 0.6) is 0 Å². The van der Waals surface area contributed by atoms with E-state index in [1.807, 2.05) is 14.0 Å². The van der Waals surface area contributed by atoms with E-state index < -0.39 is 23.4 Å². The normalized spacial score (nSPS) is 23.6. The maximum absolute atomic E-state index is 13.1. The Bertz CT molecular complexity index is 498. The van der Waals surface area contributed by atoms with Crippen molar-refractivity contribution in [1.82, 2.24) is 10.2 Å². The van der Waals surface area contributed by atoms with E-state index in [0.29, 0.717) is 12.1 Å². The molecule has 20 heavy (non-hydrogen) atoms. The number of carbonyl (C=O) groups is 1. The lowest BCUT2D eigenvalue weighted by Gasteiger charge is -2.35. The zero-order chi connectivity index (χ0) is 14.9. The van der Waals surface area contributed by atoms with E-state index in [1.165, 1.54) is 0 Å². The first-order valence-electron chi connectivity index (χ1n) is 6.52. The monoisotopic (exact) mass is 286 g/mol.